The van der Waals surface area contributed by atoms with Gasteiger partial charge in [0.1, 0.15) is 10.5 Å². The van der Waals surface area contributed by atoms with Gasteiger partial charge in [-0.25, -0.2) is 4.98 Å². The van der Waals surface area contributed by atoms with E-state index in [2.05, 4.69) is 20.1 Å². The van der Waals surface area contributed by atoms with E-state index in [-0.39, 0.29) is 5.43 Å². The number of morpholine rings is 1. The zero-order valence-electron chi connectivity index (χ0n) is 19.4. The van der Waals surface area contributed by atoms with E-state index >= 15 is 0 Å². The van der Waals surface area contributed by atoms with Gasteiger partial charge in [-0.2, -0.15) is 4.98 Å². The molecule has 35 heavy (non-hydrogen) atoms. The summed E-state index contributed by atoms with van der Waals surface area (Å²) in [6.45, 7) is 4.80. The summed E-state index contributed by atoms with van der Waals surface area (Å²) < 4.78 is 12.3. The van der Waals surface area contributed by atoms with E-state index < -0.39 is 0 Å². The summed E-state index contributed by atoms with van der Waals surface area (Å²) >= 11 is 1.42. The number of ether oxygens (including phenoxy) is 1. The molecule has 0 atom stereocenters. The number of piperidine rings is 1. The molecule has 6 rings (SSSR count). The molecule has 8 nitrogen and oxygen atoms in total. The maximum atomic E-state index is 12.8. The quantitative estimate of drug-likeness (QED) is 0.425. The minimum Gasteiger partial charge on any atom is -0.439 e. The van der Waals surface area contributed by atoms with Crippen LogP contribution < -0.4 is 20.5 Å². The van der Waals surface area contributed by atoms with Crippen molar-refractivity contribution in [3.63, 3.8) is 0 Å². The molecule has 0 amide bonds. The first-order valence-corrected chi connectivity index (χ1v) is 13.0. The molecule has 2 saturated heterocycles. The van der Waals surface area contributed by atoms with Gasteiger partial charge in [-0.1, -0.05) is 12.1 Å². The fourth-order valence-electron chi connectivity index (χ4n) is 4.64. The number of rotatable bonds is 5. The monoisotopic (exact) mass is 489 g/mol. The normalized spacial score (nSPS) is 16.6. The van der Waals surface area contributed by atoms with Crippen LogP contribution in [-0.2, 0) is 4.74 Å². The van der Waals surface area contributed by atoms with Crippen molar-refractivity contribution in [3.8, 4) is 11.1 Å². The summed E-state index contributed by atoms with van der Waals surface area (Å²) in [6.07, 6.45) is 5.51. The molecule has 0 saturated carbocycles. The van der Waals surface area contributed by atoms with Gasteiger partial charge in [0.25, 0.3) is 0 Å². The number of benzene rings is 1. The van der Waals surface area contributed by atoms with Crippen LogP contribution in [0.25, 0.3) is 21.4 Å². The zero-order chi connectivity index (χ0) is 23.6. The van der Waals surface area contributed by atoms with Crippen molar-refractivity contribution in [1.29, 1.82) is 0 Å². The van der Waals surface area contributed by atoms with E-state index in [1.54, 1.807) is 12.3 Å². The Morgan fingerprint density at radius 2 is 1.74 bits per heavy atom. The van der Waals surface area contributed by atoms with Gasteiger partial charge in [0.05, 0.1) is 13.2 Å². The molecule has 1 N–H and O–H groups in total. The molecule has 0 unspecified atom stereocenters. The average molecular weight is 490 g/mol. The molecule has 0 radical (unpaired) electrons. The van der Waals surface area contributed by atoms with Crippen LogP contribution in [0, 0.1) is 0 Å². The maximum absolute atomic E-state index is 12.8. The number of nitrogens with one attached hydrogen (secondary N) is 1. The topological polar surface area (TPSA) is 83.7 Å². The highest BCUT2D eigenvalue weighted by molar-refractivity contribution is 7.17. The van der Waals surface area contributed by atoms with Crippen LogP contribution in [-0.4, -0.2) is 49.4 Å². The molecule has 4 aromatic rings. The van der Waals surface area contributed by atoms with Crippen LogP contribution in [0.1, 0.15) is 19.3 Å². The number of fused-ring (bicyclic) bond motifs is 1. The fourth-order valence-corrected chi connectivity index (χ4v) is 5.55. The first-order chi connectivity index (χ1) is 17.2. The first kappa shape index (κ1) is 22.1. The molecule has 2 aliphatic heterocycles. The van der Waals surface area contributed by atoms with Crippen molar-refractivity contribution in [2.45, 2.75) is 19.3 Å². The second kappa shape index (κ2) is 9.67. The highest BCUT2D eigenvalue weighted by atomic mass is 32.1. The molecule has 1 aromatic carbocycles. The lowest BCUT2D eigenvalue weighted by molar-refractivity contribution is 0.121. The largest absolute Gasteiger partial charge is 0.439 e. The van der Waals surface area contributed by atoms with Crippen molar-refractivity contribution in [3.05, 3.63) is 58.2 Å². The van der Waals surface area contributed by atoms with E-state index in [1.165, 1.54) is 30.6 Å². The van der Waals surface area contributed by atoms with Crippen LogP contribution in [0.3, 0.4) is 0 Å². The van der Waals surface area contributed by atoms with Crippen molar-refractivity contribution in [2.24, 2.45) is 0 Å². The number of nitrogens with zero attached hydrogens (tertiary/aromatic N) is 4. The highest BCUT2D eigenvalue weighted by Crippen LogP contribution is 2.35. The summed E-state index contributed by atoms with van der Waals surface area (Å²) in [5.74, 6) is 2.16. The minimum absolute atomic E-state index is 0.00647. The third-order valence-electron chi connectivity index (χ3n) is 6.53. The number of thiophene rings is 1. The van der Waals surface area contributed by atoms with Crippen molar-refractivity contribution >= 4 is 45.0 Å². The maximum Gasteiger partial charge on any atom is 0.229 e. The number of aromatic nitrogens is 2. The summed E-state index contributed by atoms with van der Waals surface area (Å²) in [5, 5.41) is 5.31. The molecule has 9 heteroatoms. The number of hydrogen-bond donors (Lipinski definition) is 1. The van der Waals surface area contributed by atoms with Gasteiger partial charge in [0.2, 0.25) is 11.4 Å². The van der Waals surface area contributed by atoms with Crippen LogP contribution in [0.5, 0.6) is 0 Å². The van der Waals surface area contributed by atoms with Gasteiger partial charge < -0.3 is 24.3 Å². The lowest BCUT2D eigenvalue weighted by Crippen LogP contribution is -2.36. The second-order valence-electron chi connectivity index (χ2n) is 8.84. The van der Waals surface area contributed by atoms with Gasteiger partial charge in [-0.15, -0.1) is 11.3 Å². The van der Waals surface area contributed by atoms with Crippen molar-refractivity contribution in [2.75, 3.05) is 54.5 Å². The molecule has 2 aliphatic rings. The second-order valence-corrected chi connectivity index (χ2v) is 9.72. The first-order valence-electron chi connectivity index (χ1n) is 12.1. The molecule has 2 fully saturated rings. The van der Waals surface area contributed by atoms with Crippen LogP contribution in [0.15, 0.2) is 57.2 Å². The third-order valence-corrected chi connectivity index (χ3v) is 7.50. The Balaban J connectivity index is 1.24. The Morgan fingerprint density at radius 1 is 0.943 bits per heavy atom. The predicted molar refractivity (Wildman–Crippen MR) is 140 cm³/mol. The van der Waals surface area contributed by atoms with Gasteiger partial charge in [0, 0.05) is 55.1 Å². The van der Waals surface area contributed by atoms with E-state index in [0.29, 0.717) is 35.3 Å². The number of hydrogen-bond acceptors (Lipinski definition) is 9. The Kier molecular flexibility index (Phi) is 6.10. The van der Waals surface area contributed by atoms with Crippen molar-refractivity contribution in [1.82, 2.24) is 9.97 Å². The van der Waals surface area contributed by atoms with Crippen LogP contribution in [0.4, 0.5) is 23.3 Å². The van der Waals surface area contributed by atoms with Gasteiger partial charge in [0.15, 0.2) is 11.5 Å². The summed E-state index contributed by atoms with van der Waals surface area (Å²) in [5.41, 5.74) is 3.45. The lowest BCUT2D eigenvalue weighted by atomic mass is 10.1. The Hall–Kier alpha value is -3.43. The van der Waals surface area contributed by atoms with E-state index in [0.717, 1.165) is 48.8 Å². The smallest absolute Gasteiger partial charge is 0.229 e. The Bertz CT molecular complexity index is 1370. The molecule has 5 heterocycles. The third kappa shape index (κ3) is 4.61. The Labute approximate surface area is 207 Å². The average Bonchev–Trinajstić information content (AvgIpc) is 3.35. The number of anilines is 4. The van der Waals surface area contributed by atoms with Crippen LogP contribution in [0.2, 0.25) is 0 Å². The predicted octanol–water partition coefficient (Wildman–Crippen LogP) is 4.88. The zero-order valence-corrected chi connectivity index (χ0v) is 20.2. The molecule has 180 valence electrons. The molecule has 0 spiro atoms. The van der Waals surface area contributed by atoms with Gasteiger partial charge >= 0.3 is 0 Å². The molecular weight excluding hydrogens is 462 g/mol. The highest BCUT2D eigenvalue weighted by Gasteiger charge is 2.19. The van der Waals surface area contributed by atoms with Crippen molar-refractivity contribution < 1.29 is 9.15 Å². The molecule has 0 aliphatic carbocycles. The van der Waals surface area contributed by atoms with Crippen LogP contribution >= 0.6 is 11.3 Å². The summed E-state index contributed by atoms with van der Waals surface area (Å²) in [6, 6.07) is 11.6. The lowest BCUT2D eigenvalue weighted by Gasteiger charge is -2.27. The van der Waals surface area contributed by atoms with E-state index in [1.807, 2.05) is 35.7 Å². The van der Waals surface area contributed by atoms with Gasteiger partial charge in [-0.3, -0.25) is 4.79 Å². The summed E-state index contributed by atoms with van der Waals surface area (Å²) in [4.78, 5) is 26.2. The van der Waals surface area contributed by atoms with E-state index in [4.69, 9.17) is 14.1 Å². The fraction of sp³-hybridized carbons (Fsp3) is 0.346. The molecular formula is C26H27N5O3S. The van der Waals surface area contributed by atoms with Gasteiger partial charge in [-0.05, 0) is 43.0 Å². The van der Waals surface area contributed by atoms with E-state index in [9.17, 15) is 4.79 Å². The SMILES string of the molecule is O=c1cc(N2CCOCC2)oc2c(-c3ccc(Nc4nccc(N5CCCCC5)n4)cc3)csc12. The molecule has 3 aromatic heterocycles. The summed E-state index contributed by atoms with van der Waals surface area (Å²) in [7, 11) is 0. The standard InChI is InChI=1S/C26H27N5O3S/c32-21-16-23(31-12-14-33-15-13-31)34-24-20(17-35-25(21)24)18-4-6-19(7-5-18)28-26-27-9-8-22(29-26)30-10-2-1-3-11-30/h4-9,16-17H,1-3,10-15H2,(H,27,28,29). The minimum atomic E-state index is -0.00647. The Morgan fingerprint density at radius 3 is 2.54 bits per heavy atom. The molecule has 0 bridgehead atoms.